The molecule has 1 N–H and O–H groups in total. The number of hydrogen-bond donors (Lipinski definition) is 1. The van der Waals surface area contributed by atoms with Crippen LogP contribution in [-0.2, 0) is 4.84 Å². The summed E-state index contributed by atoms with van der Waals surface area (Å²) in [5.74, 6) is 0. The zero-order valence-electron chi connectivity index (χ0n) is 11.3. The Morgan fingerprint density at radius 2 is 2.00 bits per heavy atom. The third-order valence-corrected chi connectivity index (χ3v) is 4.34. The molecule has 1 saturated heterocycles. The van der Waals surface area contributed by atoms with Crippen LogP contribution >= 0.6 is 22.6 Å². The molecule has 0 saturated carbocycles. The minimum Gasteiger partial charge on any atom is -0.273 e. The maximum absolute atomic E-state index is 11.9. The third kappa shape index (κ3) is 2.81. The molecule has 7 heteroatoms. The van der Waals surface area contributed by atoms with Crippen molar-refractivity contribution in [3.05, 3.63) is 66.5 Å². The Hall–Kier alpha value is -1.45. The third-order valence-electron chi connectivity index (χ3n) is 3.57. The first-order valence-electron chi connectivity index (χ1n) is 6.52. The predicted octanol–water partition coefficient (Wildman–Crippen LogP) is 1.65. The first-order valence-corrected chi connectivity index (χ1v) is 7.59. The van der Waals surface area contributed by atoms with Gasteiger partial charge in [0.05, 0.1) is 9.61 Å². The maximum Gasteiger partial charge on any atom is 0.330 e. The van der Waals surface area contributed by atoms with Crippen molar-refractivity contribution < 1.29 is 4.84 Å². The highest BCUT2D eigenvalue weighted by Gasteiger charge is 2.33. The second kappa shape index (κ2) is 5.74. The minimum atomic E-state index is -0.451. The lowest BCUT2D eigenvalue weighted by atomic mass is 10.0. The summed E-state index contributed by atoms with van der Waals surface area (Å²) in [6.07, 6.45) is 1.76. The second-order valence-electron chi connectivity index (χ2n) is 4.91. The summed E-state index contributed by atoms with van der Waals surface area (Å²) in [6.45, 7) is 0. The van der Waals surface area contributed by atoms with E-state index in [1.54, 1.807) is 5.06 Å². The zero-order chi connectivity index (χ0) is 15.0. The van der Waals surface area contributed by atoms with Crippen LogP contribution in [0.1, 0.15) is 24.3 Å². The van der Waals surface area contributed by atoms with Crippen molar-refractivity contribution in [2.75, 3.05) is 7.05 Å². The Kier molecular flexibility index (Phi) is 3.96. The van der Waals surface area contributed by atoms with Gasteiger partial charge in [0.25, 0.3) is 5.56 Å². The van der Waals surface area contributed by atoms with Crippen LogP contribution in [-0.4, -0.2) is 21.7 Å². The molecular formula is C14H14IN3O3. The molecule has 2 atom stereocenters. The Morgan fingerprint density at radius 3 is 2.71 bits per heavy atom. The monoisotopic (exact) mass is 399 g/mol. The van der Waals surface area contributed by atoms with Gasteiger partial charge in [-0.05, 0) is 28.2 Å². The Morgan fingerprint density at radius 1 is 1.29 bits per heavy atom. The highest BCUT2D eigenvalue weighted by molar-refractivity contribution is 14.1. The number of hydrogen-bond acceptors (Lipinski definition) is 4. The highest BCUT2D eigenvalue weighted by atomic mass is 127. The lowest BCUT2D eigenvalue weighted by molar-refractivity contribution is -0.167. The summed E-state index contributed by atoms with van der Waals surface area (Å²) in [5, 5.41) is 1.75. The molecule has 0 spiro atoms. The molecule has 1 aromatic heterocycles. The number of rotatable bonds is 2. The standard InChI is InChI=1S/C14H14IN3O3/c1-17-11(9-5-3-2-4-6-9)7-12(21-17)18-8-10(15)13(19)16-14(18)20/h2-6,8,11-12H,7H2,1H3,(H,16,19,20)/t11-,12+/m1/s1. The molecular weight excluding hydrogens is 385 g/mol. The van der Waals surface area contributed by atoms with Gasteiger partial charge in [-0.15, -0.1) is 0 Å². The molecule has 21 heavy (non-hydrogen) atoms. The van der Waals surface area contributed by atoms with Crippen LogP contribution < -0.4 is 11.2 Å². The predicted molar refractivity (Wildman–Crippen MR) is 85.7 cm³/mol. The summed E-state index contributed by atoms with van der Waals surface area (Å²) in [5.41, 5.74) is 0.310. The summed E-state index contributed by atoms with van der Waals surface area (Å²) >= 11 is 1.90. The van der Waals surface area contributed by atoms with Crippen molar-refractivity contribution >= 4 is 22.6 Å². The van der Waals surface area contributed by atoms with Crippen LogP contribution in [0, 0.1) is 3.57 Å². The van der Waals surface area contributed by atoms with Crippen molar-refractivity contribution in [2.24, 2.45) is 0 Å². The van der Waals surface area contributed by atoms with E-state index in [2.05, 4.69) is 4.98 Å². The number of nitrogens with one attached hydrogen (secondary N) is 1. The van der Waals surface area contributed by atoms with E-state index in [9.17, 15) is 9.59 Å². The molecule has 1 aliphatic rings. The van der Waals surface area contributed by atoms with Gasteiger partial charge in [0.1, 0.15) is 0 Å². The fourth-order valence-electron chi connectivity index (χ4n) is 2.51. The molecule has 0 radical (unpaired) electrons. The average Bonchev–Trinajstić information content (AvgIpc) is 2.85. The van der Waals surface area contributed by atoms with Crippen LogP contribution in [0.25, 0.3) is 0 Å². The number of benzene rings is 1. The van der Waals surface area contributed by atoms with Crippen LogP contribution in [0.4, 0.5) is 0 Å². The molecule has 0 unspecified atom stereocenters. The van der Waals surface area contributed by atoms with Crippen molar-refractivity contribution in [3.8, 4) is 0 Å². The molecule has 0 aliphatic carbocycles. The smallest absolute Gasteiger partial charge is 0.273 e. The molecule has 110 valence electrons. The van der Waals surface area contributed by atoms with E-state index in [1.807, 2.05) is 60.0 Å². The van der Waals surface area contributed by atoms with E-state index in [0.717, 1.165) is 5.56 Å². The number of halogens is 1. The molecule has 2 heterocycles. The van der Waals surface area contributed by atoms with Crippen molar-refractivity contribution in [2.45, 2.75) is 18.7 Å². The highest BCUT2D eigenvalue weighted by Crippen LogP contribution is 2.37. The molecule has 1 fully saturated rings. The van der Waals surface area contributed by atoms with Crippen molar-refractivity contribution in [3.63, 3.8) is 0 Å². The molecule has 2 aromatic rings. The van der Waals surface area contributed by atoms with Gasteiger partial charge < -0.3 is 0 Å². The quantitative estimate of drug-likeness (QED) is 0.781. The van der Waals surface area contributed by atoms with Gasteiger partial charge in [-0.25, -0.2) is 4.79 Å². The van der Waals surface area contributed by atoms with Gasteiger partial charge in [-0.2, -0.15) is 5.06 Å². The Bertz CT molecular complexity index is 756. The average molecular weight is 399 g/mol. The fraction of sp³-hybridized carbons (Fsp3) is 0.286. The van der Waals surface area contributed by atoms with Crippen LogP contribution in [0.15, 0.2) is 46.1 Å². The molecule has 1 aliphatic heterocycles. The SMILES string of the molecule is CN1O[C@H](n2cc(I)c(=O)[nH]c2=O)C[C@@H]1c1ccccc1. The van der Waals surface area contributed by atoms with Crippen molar-refractivity contribution in [1.29, 1.82) is 0 Å². The minimum absolute atomic E-state index is 0.0766. The summed E-state index contributed by atoms with van der Waals surface area (Å²) in [7, 11) is 1.85. The lowest BCUT2D eigenvalue weighted by Crippen LogP contribution is -2.33. The first-order chi connectivity index (χ1) is 10.1. The van der Waals surface area contributed by atoms with Gasteiger partial charge in [0.15, 0.2) is 6.23 Å². The summed E-state index contributed by atoms with van der Waals surface area (Å²) in [6, 6.07) is 10.1. The number of hydroxylamine groups is 2. The van der Waals surface area contributed by atoms with Crippen LogP contribution in [0.3, 0.4) is 0 Å². The van der Waals surface area contributed by atoms with Crippen LogP contribution in [0.2, 0.25) is 0 Å². The molecule has 3 rings (SSSR count). The Labute approximate surface area is 134 Å². The molecule has 0 bridgehead atoms. The summed E-state index contributed by atoms with van der Waals surface area (Å²) in [4.78, 5) is 31.4. The normalized spacial score (nSPS) is 22.6. The van der Waals surface area contributed by atoms with Gasteiger partial charge in [-0.1, -0.05) is 30.3 Å². The van der Waals surface area contributed by atoms with E-state index >= 15 is 0 Å². The second-order valence-corrected chi connectivity index (χ2v) is 6.07. The molecule has 0 amide bonds. The first kappa shape index (κ1) is 14.5. The number of aromatic nitrogens is 2. The zero-order valence-corrected chi connectivity index (χ0v) is 13.5. The topological polar surface area (TPSA) is 67.3 Å². The van der Waals surface area contributed by atoms with E-state index in [0.29, 0.717) is 9.99 Å². The molecule has 1 aromatic carbocycles. The van der Waals surface area contributed by atoms with E-state index in [-0.39, 0.29) is 11.6 Å². The van der Waals surface area contributed by atoms with Gasteiger partial charge in [-0.3, -0.25) is 19.2 Å². The van der Waals surface area contributed by atoms with Crippen molar-refractivity contribution in [1.82, 2.24) is 14.6 Å². The van der Waals surface area contributed by atoms with Gasteiger partial charge in [0, 0.05) is 19.7 Å². The van der Waals surface area contributed by atoms with Crippen LogP contribution in [0.5, 0.6) is 0 Å². The summed E-state index contributed by atoms with van der Waals surface area (Å²) < 4.78 is 1.89. The molecule has 6 nitrogen and oxygen atoms in total. The lowest BCUT2D eigenvalue weighted by Gasteiger charge is -2.17. The Balaban J connectivity index is 1.92. The maximum atomic E-state index is 11.9. The number of nitrogens with zero attached hydrogens (tertiary/aromatic N) is 2. The fourth-order valence-corrected chi connectivity index (χ4v) is 2.94. The van der Waals surface area contributed by atoms with E-state index in [1.165, 1.54) is 10.8 Å². The van der Waals surface area contributed by atoms with E-state index in [4.69, 9.17) is 4.84 Å². The van der Waals surface area contributed by atoms with Gasteiger partial charge >= 0.3 is 5.69 Å². The number of H-pyrrole nitrogens is 1. The largest absolute Gasteiger partial charge is 0.330 e. The van der Waals surface area contributed by atoms with E-state index < -0.39 is 11.9 Å². The number of aromatic amines is 1. The van der Waals surface area contributed by atoms with Gasteiger partial charge in [0.2, 0.25) is 0 Å².